The van der Waals surface area contributed by atoms with Crippen LogP contribution in [0.15, 0.2) is 29.2 Å². The number of sulfonamides is 1. The molecule has 0 spiro atoms. The number of aliphatic hydroxyl groups excluding tert-OH is 2. The molecule has 0 radical (unpaired) electrons. The van der Waals surface area contributed by atoms with E-state index in [1.807, 2.05) is 0 Å². The molecule has 6 heteroatoms. The van der Waals surface area contributed by atoms with E-state index in [-0.39, 0.29) is 24.7 Å². The van der Waals surface area contributed by atoms with Gasteiger partial charge in [0.25, 0.3) is 0 Å². The minimum Gasteiger partial charge on any atom is -0.395 e. The SMILES string of the molecule is CN(CCO)S(=O)(=O)c1ccccc1C#CCCO. The second-order valence-corrected chi connectivity index (χ2v) is 5.84. The van der Waals surface area contributed by atoms with Crippen molar-refractivity contribution in [2.75, 3.05) is 26.8 Å². The van der Waals surface area contributed by atoms with E-state index in [2.05, 4.69) is 11.8 Å². The number of nitrogens with zero attached hydrogens (tertiary/aromatic N) is 1. The zero-order valence-electron chi connectivity index (χ0n) is 10.7. The van der Waals surface area contributed by atoms with Crippen molar-refractivity contribution < 1.29 is 18.6 Å². The van der Waals surface area contributed by atoms with Crippen molar-refractivity contribution in [1.82, 2.24) is 4.31 Å². The van der Waals surface area contributed by atoms with E-state index in [9.17, 15) is 8.42 Å². The summed E-state index contributed by atoms with van der Waals surface area (Å²) >= 11 is 0. The molecule has 0 saturated heterocycles. The van der Waals surface area contributed by atoms with Gasteiger partial charge >= 0.3 is 0 Å². The quantitative estimate of drug-likeness (QED) is 0.748. The molecule has 0 atom stereocenters. The Hall–Kier alpha value is -1.39. The summed E-state index contributed by atoms with van der Waals surface area (Å²) in [5.74, 6) is 5.44. The normalized spacial score (nSPS) is 11.2. The molecule has 0 fully saturated rings. The van der Waals surface area contributed by atoms with E-state index >= 15 is 0 Å². The molecule has 19 heavy (non-hydrogen) atoms. The minimum absolute atomic E-state index is 0.0285. The number of rotatable bonds is 5. The lowest BCUT2D eigenvalue weighted by Gasteiger charge is -2.16. The Balaban J connectivity index is 3.17. The highest BCUT2D eigenvalue weighted by atomic mass is 32.2. The smallest absolute Gasteiger partial charge is 0.244 e. The summed E-state index contributed by atoms with van der Waals surface area (Å²) in [4.78, 5) is 0.108. The Kier molecular flexibility index (Phi) is 5.99. The van der Waals surface area contributed by atoms with Gasteiger partial charge in [-0.15, -0.1) is 0 Å². The topological polar surface area (TPSA) is 77.8 Å². The molecular weight excluding hydrogens is 266 g/mol. The molecule has 5 nitrogen and oxygen atoms in total. The van der Waals surface area contributed by atoms with Gasteiger partial charge in [0, 0.05) is 25.6 Å². The van der Waals surface area contributed by atoms with Gasteiger partial charge in [-0.25, -0.2) is 8.42 Å². The summed E-state index contributed by atoms with van der Waals surface area (Å²) in [6.45, 7) is -0.277. The highest BCUT2D eigenvalue weighted by molar-refractivity contribution is 7.89. The molecule has 0 aliphatic rings. The molecule has 0 heterocycles. The van der Waals surface area contributed by atoms with Crippen LogP contribution in [0.2, 0.25) is 0 Å². The van der Waals surface area contributed by atoms with Crippen LogP contribution in [0.3, 0.4) is 0 Å². The maximum absolute atomic E-state index is 12.3. The number of likely N-dealkylation sites (N-methyl/N-ethyl adjacent to an activating group) is 1. The third-order valence-electron chi connectivity index (χ3n) is 2.45. The van der Waals surface area contributed by atoms with Crippen molar-refractivity contribution in [3.63, 3.8) is 0 Å². The van der Waals surface area contributed by atoms with Gasteiger partial charge in [-0.1, -0.05) is 24.0 Å². The van der Waals surface area contributed by atoms with Crippen molar-refractivity contribution in [2.45, 2.75) is 11.3 Å². The third-order valence-corrected chi connectivity index (χ3v) is 4.37. The summed E-state index contributed by atoms with van der Waals surface area (Å²) in [5, 5.41) is 17.5. The van der Waals surface area contributed by atoms with Crippen LogP contribution >= 0.6 is 0 Å². The second-order valence-electron chi connectivity index (χ2n) is 3.82. The molecule has 0 bridgehead atoms. The predicted octanol–water partition coefficient (Wildman–Crippen LogP) is 0.0333. The summed E-state index contributed by atoms with van der Waals surface area (Å²) in [6, 6.07) is 6.42. The maximum Gasteiger partial charge on any atom is 0.244 e. The third kappa shape index (κ3) is 4.04. The van der Waals surface area contributed by atoms with Crippen LogP contribution in [0.1, 0.15) is 12.0 Å². The van der Waals surface area contributed by atoms with Crippen LogP contribution in [0.5, 0.6) is 0 Å². The Labute approximate surface area is 113 Å². The fourth-order valence-electron chi connectivity index (χ4n) is 1.44. The van der Waals surface area contributed by atoms with Gasteiger partial charge in [0.05, 0.1) is 18.1 Å². The molecule has 1 aromatic carbocycles. The van der Waals surface area contributed by atoms with Crippen LogP contribution in [0, 0.1) is 11.8 Å². The molecule has 0 saturated carbocycles. The standard InChI is InChI=1S/C13H17NO4S/c1-14(9-11-16)19(17,18)13-8-3-2-6-12(13)7-4-5-10-15/h2-3,6,8,15-16H,5,9-11H2,1H3. The Morgan fingerprint density at radius 1 is 1.21 bits per heavy atom. The van der Waals surface area contributed by atoms with E-state index in [0.717, 1.165) is 4.31 Å². The van der Waals surface area contributed by atoms with Crippen molar-refractivity contribution in [3.05, 3.63) is 29.8 Å². The Bertz CT molecular complexity index is 572. The summed E-state index contributed by atoms with van der Waals surface area (Å²) in [7, 11) is -2.25. The lowest BCUT2D eigenvalue weighted by atomic mass is 10.2. The van der Waals surface area contributed by atoms with Gasteiger partial charge in [0.2, 0.25) is 10.0 Å². The zero-order valence-corrected chi connectivity index (χ0v) is 11.5. The summed E-state index contributed by atoms with van der Waals surface area (Å²) in [5.41, 5.74) is 0.390. The maximum atomic E-state index is 12.3. The molecule has 1 rings (SSSR count). The average molecular weight is 283 g/mol. The molecule has 0 amide bonds. The summed E-state index contributed by atoms with van der Waals surface area (Å²) < 4.78 is 25.6. The zero-order chi connectivity index (χ0) is 14.3. The molecule has 0 aliphatic carbocycles. The van der Waals surface area contributed by atoms with Gasteiger partial charge in [0.1, 0.15) is 0 Å². The molecule has 1 aromatic rings. The average Bonchev–Trinajstić information content (AvgIpc) is 2.40. The molecule has 2 N–H and O–H groups in total. The van der Waals surface area contributed by atoms with E-state index in [1.165, 1.54) is 13.1 Å². The van der Waals surface area contributed by atoms with Crippen LogP contribution in [-0.2, 0) is 10.0 Å². The van der Waals surface area contributed by atoms with E-state index in [1.54, 1.807) is 18.2 Å². The van der Waals surface area contributed by atoms with Crippen molar-refractivity contribution in [3.8, 4) is 11.8 Å². The van der Waals surface area contributed by atoms with Crippen LogP contribution in [0.25, 0.3) is 0 Å². The number of hydrogen-bond acceptors (Lipinski definition) is 4. The Morgan fingerprint density at radius 2 is 1.89 bits per heavy atom. The molecule has 0 aromatic heterocycles. The lowest BCUT2D eigenvalue weighted by Crippen LogP contribution is -2.30. The van der Waals surface area contributed by atoms with Crippen molar-refractivity contribution >= 4 is 10.0 Å². The fraction of sp³-hybridized carbons (Fsp3) is 0.385. The van der Waals surface area contributed by atoms with Gasteiger partial charge in [-0.3, -0.25) is 0 Å². The second kappa shape index (κ2) is 7.26. The largest absolute Gasteiger partial charge is 0.395 e. The Morgan fingerprint density at radius 3 is 2.53 bits per heavy atom. The predicted molar refractivity (Wildman–Crippen MR) is 71.9 cm³/mol. The van der Waals surface area contributed by atoms with Gasteiger partial charge in [0.15, 0.2) is 0 Å². The molecule has 0 unspecified atom stereocenters. The number of hydrogen-bond donors (Lipinski definition) is 2. The van der Waals surface area contributed by atoms with E-state index in [0.29, 0.717) is 12.0 Å². The fourth-order valence-corrected chi connectivity index (χ4v) is 2.74. The summed E-state index contributed by atoms with van der Waals surface area (Å²) in [6.07, 6.45) is 0.293. The first-order valence-electron chi connectivity index (χ1n) is 5.80. The first-order chi connectivity index (χ1) is 9.04. The number of aliphatic hydroxyl groups is 2. The first kappa shape index (κ1) is 15.7. The van der Waals surface area contributed by atoms with Gasteiger partial charge in [-0.05, 0) is 12.1 Å². The van der Waals surface area contributed by atoms with Gasteiger partial charge in [-0.2, -0.15) is 4.31 Å². The molecule has 104 valence electrons. The monoisotopic (exact) mass is 283 g/mol. The van der Waals surface area contributed by atoms with Crippen molar-refractivity contribution in [1.29, 1.82) is 0 Å². The van der Waals surface area contributed by atoms with Crippen LogP contribution < -0.4 is 0 Å². The van der Waals surface area contributed by atoms with E-state index in [4.69, 9.17) is 10.2 Å². The molecular formula is C13H17NO4S. The minimum atomic E-state index is -3.66. The van der Waals surface area contributed by atoms with Gasteiger partial charge < -0.3 is 10.2 Å². The number of benzene rings is 1. The van der Waals surface area contributed by atoms with Crippen LogP contribution in [0.4, 0.5) is 0 Å². The highest BCUT2D eigenvalue weighted by Gasteiger charge is 2.22. The first-order valence-corrected chi connectivity index (χ1v) is 7.24. The highest BCUT2D eigenvalue weighted by Crippen LogP contribution is 2.18. The molecule has 0 aliphatic heterocycles. The van der Waals surface area contributed by atoms with Crippen LogP contribution in [-0.4, -0.2) is 49.7 Å². The van der Waals surface area contributed by atoms with Crippen molar-refractivity contribution in [2.24, 2.45) is 0 Å². The lowest BCUT2D eigenvalue weighted by molar-refractivity contribution is 0.266. The van der Waals surface area contributed by atoms with E-state index < -0.39 is 10.0 Å².